The van der Waals surface area contributed by atoms with Crippen molar-refractivity contribution in [2.75, 3.05) is 20.8 Å². The van der Waals surface area contributed by atoms with E-state index in [0.717, 1.165) is 17.1 Å². The predicted octanol–water partition coefficient (Wildman–Crippen LogP) is 0.883. The van der Waals surface area contributed by atoms with Gasteiger partial charge in [0.2, 0.25) is 0 Å². The lowest BCUT2D eigenvalue weighted by atomic mass is 10.1. The fraction of sp³-hybridized carbons (Fsp3) is 0.300. The molecule has 0 spiro atoms. The van der Waals surface area contributed by atoms with Crippen molar-refractivity contribution in [2.45, 2.75) is 0 Å². The van der Waals surface area contributed by atoms with Gasteiger partial charge >= 0.3 is 0 Å². The molecular formula is C10H12N4. The van der Waals surface area contributed by atoms with Crippen LogP contribution in [0.3, 0.4) is 0 Å². The van der Waals surface area contributed by atoms with Crippen molar-refractivity contribution in [1.82, 2.24) is 4.90 Å². The first-order chi connectivity index (χ1) is 6.77. The molecule has 2 heterocycles. The lowest BCUT2D eigenvalue weighted by molar-refractivity contribution is 0.425. The molecular weight excluding hydrogens is 176 g/mol. The number of aliphatic imine (C=N–C) groups is 3. The van der Waals surface area contributed by atoms with E-state index in [1.54, 1.807) is 12.4 Å². The van der Waals surface area contributed by atoms with E-state index in [4.69, 9.17) is 0 Å². The summed E-state index contributed by atoms with van der Waals surface area (Å²) in [7, 11) is 3.97. The van der Waals surface area contributed by atoms with Crippen LogP contribution in [0.2, 0.25) is 0 Å². The van der Waals surface area contributed by atoms with Gasteiger partial charge in [-0.25, -0.2) is 0 Å². The van der Waals surface area contributed by atoms with Gasteiger partial charge in [0.15, 0.2) is 0 Å². The zero-order valence-corrected chi connectivity index (χ0v) is 8.31. The Labute approximate surface area is 83.1 Å². The van der Waals surface area contributed by atoms with Crippen LogP contribution in [-0.4, -0.2) is 42.8 Å². The van der Waals surface area contributed by atoms with Gasteiger partial charge in [0.1, 0.15) is 5.71 Å². The van der Waals surface area contributed by atoms with Crippen molar-refractivity contribution in [3.63, 3.8) is 0 Å². The van der Waals surface area contributed by atoms with E-state index in [0.29, 0.717) is 6.67 Å². The monoisotopic (exact) mass is 188 g/mol. The number of hydrogen-bond acceptors (Lipinski definition) is 4. The van der Waals surface area contributed by atoms with Crippen molar-refractivity contribution >= 4 is 17.1 Å². The molecule has 0 saturated carbocycles. The summed E-state index contributed by atoms with van der Waals surface area (Å²) in [4.78, 5) is 14.9. The Kier molecular flexibility index (Phi) is 2.37. The lowest BCUT2D eigenvalue weighted by Gasteiger charge is -2.09. The molecule has 0 saturated heterocycles. The molecule has 14 heavy (non-hydrogen) atoms. The molecule has 0 atom stereocenters. The minimum absolute atomic E-state index is 0.673. The number of fused-ring (bicyclic) bond motifs is 1. The van der Waals surface area contributed by atoms with Gasteiger partial charge in [0.05, 0.1) is 18.1 Å². The Hall–Kier alpha value is -1.55. The van der Waals surface area contributed by atoms with E-state index in [-0.39, 0.29) is 0 Å². The topological polar surface area (TPSA) is 40.3 Å². The van der Waals surface area contributed by atoms with Crippen LogP contribution in [0.4, 0.5) is 0 Å². The van der Waals surface area contributed by atoms with Crippen LogP contribution in [0.15, 0.2) is 39.5 Å². The van der Waals surface area contributed by atoms with Crippen molar-refractivity contribution in [3.8, 4) is 0 Å². The standard InChI is InChI=1S/C10H12N4/c1-14(2)7-13-9-3-5-11-8-4-6-12-10(8)9/h3-6H,7H2,1-2H3. The highest BCUT2D eigenvalue weighted by Gasteiger charge is 2.17. The van der Waals surface area contributed by atoms with Crippen molar-refractivity contribution in [2.24, 2.45) is 15.0 Å². The summed E-state index contributed by atoms with van der Waals surface area (Å²) in [6, 6.07) is 0. The first-order valence-electron chi connectivity index (χ1n) is 4.46. The normalized spacial score (nSPS) is 21.5. The van der Waals surface area contributed by atoms with Gasteiger partial charge in [-0.1, -0.05) is 0 Å². The maximum absolute atomic E-state index is 4.43. The second-order valence-electron chi connectivity index (χ2n) is 3.39. The average Bonchev–Trinajstić information content (AvgIpc) is 2.62. The third-order valence-electron chi connectivity index (χ3n) is 1.89. The van der Waals surface area contributed by atoms with Gasteiger partial charge in [-0.15, -0.1) is 0 Å². The molecule has 72 valence electrons. The number of rotatable bonds is 2. The van der Waals surface area contributed by atoms with Crippen molar-refractivity contribution in [1.29, 1.82) is 0 Å². The van der Waals surface area contributed by atoms with Gasteiger partial charge in [-0.05, 0) is 26.2 Å². The molecule has 0 radical (unpaired) electrons. The molecule has 0 amide bonds. The third-order valence-corrected chi connectivity index (χ3v) is 1.89. The number of hydrogen-bond donors (Lipinski definition) is 0. The molecule has 0 fully saturated rings. The summed E-state index contributed by atoms with van der Waals surface area (Å²) in [6.07, 6.45) is 7.30. The summed E-state index contributed by atoms with van der Waals surface area (Å²) in [5.41, 5.74) is 2.70. The van der Waals surface area contributed by atoms with Gasteiger partial charge in [-0.2, -0.15) is 0 Å². The van der Waals surface area contributed by atoms with Gasteiger partial charge in [-0.3, -0.25) is 19.9 Å². The molecule has 0 aliphatic carbocycles. The van der Waals surface area contributed by atoms with Crippen LogP contribution < -0.4 is 0 Å². The Morgan fingerprint density at radius 1 is 1.21 bits per heavy atom. The third kappa shape index (κ3) is 1.70. The van der Waals surface area contributed by atoms with Crippen molar-refractivity contribution in [3.05, 3.63) is 24.6 Å². The van der Waals surface area contributed by atoms with E-state index < -0.39 is 0 Å². The highest BCUT2D eigenvalue weighted by molar-refractivity contribution is 6.74. The Morgan fingerprint density at radius 3 is 2.79 bits per heavy atom. The molecule has 2 aliphatic heterocycles. The summed E-state index contributed by atoms with van der Waals surface area (Å²) < 4.78 is 0. The van der Waals surface area contributed by atoms with Crippen LogP contribution in [0.5, 0.6) is 0 Å². The minimum atomic E-state index is 0.673. The summed E-state index contributed by atoms with van der Waals surface area (Å²) in [6.45, 7) is 0.673. The average molecular weight is 188 g/mol. The molecule has 4 nitrogen and oxygen atoms in total. The second kappa shape index (κ2) is 3.67. The minimum Gasteiger partial charge on any atom is -0.291 e. The smallest absolute Gasteiger partial charge is 0.114 e. The Balaban J connectivity index is 2.20. The fourth-order valence-corrected chi connectivity index (χ4v) is 1.24. The maximum atomic E-state index is 4.43. The van der Waals surface area contributed by atoms with Gasteiger partial charge < -0.3 is 0 Å². The van der Waals surface area contributed by atoms with E-state index in [9.17, 15) is 0 Å². The summed E-state index contributed by atoms with van der Waals surface area (Å²) in [5.74, 6) is 0. The van der Waals surface area contributed by atoms with Gasteiger partial charge in [0.25, 0.3) is 0 Å². The molecule has 0 aromatic heterocycles. The van der Waals surface area contributed by atoms with Crippen LogP contribution >= 0.6 is 0 Å². The quantitative estimate of drug-likeness (QED) is 0.634. The number of nitrogens with zero attached hydrogens (tertiary/aromatic N) is 4. The van der Waals surface area contributed by atoms with Crippen LogP contribution in [0.25, 0.3) is 0 Å². The molecule has 0 aromatic carbocycles. The highest BCUT2D eigenvalue weighted by Crippen LogP contribution is 2.07. The second-order valence-corrected chi connectivity index (χ2v) is 3.39. The van der Waals surface area contributed by atoms with E-state index >= 15 is 0 Å². The van der Waals surface area contributed by atoms with Crippen LogP contribution in [0.1, 0.15) is 0 Å². The largest absolute Gasteiger partial charge is 0.291 e. The Morgan fingerprint density at radius 2 is 2.00 bits per heavy atom. The molecule has 4 heteroatoms. The fourth-order valence-electron chi connectivity index (χ4n) is 1.24. The molecule has 2 aliphatic rings. The number of allylic oxidation sites excluding steroid dienone is 2. The summed E-state index contributed by atoms with van der Waals surface area (Å²) >= 11 is 0. The Bertz CT molecular complexity index is 383. The first-order valence-corrected chi connectivity index (χ1v) is 4.46. The molecule has 0 N–H and O–H groups in total. The van der Waals surface area contributed by atoms with Crippen LogP contribution in [0, 0.1) is 0 Å². The van der Waals surface area contributed by atoms with Gasteiger partial charge in [0, 0.05) is 12.4 Å². The zero-order chi connectivity index (χ0) is 9.97. The SMILES string of the molecule is CN(C)CN=C1C=CN=C2C=CN=C21. The van der Waals surface area contributed by atoms with E-state index in [1.807, 2.05) is 31.1 Å². The van der Waals surface area contributed by atoms with Crippen molar-refractivity contribution < 1.29 is 0 Å². The van der Waals surface area contributed by atoms with Crippen LogP contribution in [-0.2, 0) is 0 Å². The van der Waals surface area contributed by atoms with E-state index in [1.165, 1.54) is 0 Å². The predicted molar refractivity (Wildman–Crippen MR) is 59.1 cm³/mol. The summed E-state index contributed by atoms with van der Waals surface area (Å²) in [5, 5.41) is 0. The molecule has 0 aromatic rings. The molecule has 0 unspecified atom stereocenters. The van der Waals surface area contributed by atoms with E-state index in [2.05, 4.69) is 15.0 Å². The molecule has 2 rings (SSSR count). The molecule has 0 bridgehead atoms. The highest BCUT2D eigenvalue weighted by atomic mass is 15.1. The zero-order valence-electron chi connectivity index (χ0n) is 8.31. The lowest BCUT2D eigenvalue weighted by Crippen LogP contribution is -2.23. The first kappa shape index (κ1) is 9.02. The maximum Gasteiger partial charge on any atom is 0.114 e.